The molecule has 0 aliphatic carbocycles. The molecule has 0 bridgehead atoms. The van der Waals surface area contributed by atoms with Crippen molar-refractivity contribution in [3.63, 3.8) is 0 Å². The summed E-state index contributed by atoms with van der Waals surface area (Å²) in [4.78, 5) is 25.0. The van der Waals surface area contributed by atoms with E-state index in [-0.39, 0.29) is 22.5 Å². The molecule has 0 saturated carbocycles. The predicted octanol–water partition coefficient (Wildman–Crippen LogP) is 5.53. The van der Waals surface area contributed by atoms with Crippen LogP contribution in [-0.2, 0) is 0 Å². The van der Waals surface area contributed by atoms with Gasteiger partial charge in [0.05, 0.1) is 11.0 Å². The van der Waals surface area contributed by atoms with Crippen LogP contribution in [0.5, 0.6) is 0 Å². The standard InChI is InChI=1S/C29H30N6O2/c1-21-10-9-15-25(22(21)2)33-16-18-34(19-17-33)29-27(35(36)37)28(30-20-31-29)32-26(23-11-5-3-6-12-23)24-13-7-4-8-14-24/h3-15,20,26H,16-19H2,1-2H3,(H,30,31,32). The van der Waals surface area contributed by atoms with E-state index in [1.165, 1.54) is 23.1 Å². The van der Waals surface area contributed by atoms with Gasteiger partial charge in [0.1, 0.15) is 6.33 Å². The van der Waals surface area contributed by atoms with Gasteiger partial charge in [-0.15, -0.1) is 0 Å². The van der Waals surface area contributed by atoms with Crippen molar-refractivity contribution in [1.82, 2.24) is 9.97 Å². The maximum absolute atomic E-state index is 12.4. The highest BCUT2D eigenvalue weighted by molar-refractivity contribution is 5.72. The number of hydrogen-bond donors (Lipinski definition) is 1. The molecule has 0 amide bonds. The Bertz CT molecular complexity index is 1330. The number of hydrogen-bond acceptors (Lipinski definition) is 7. The molecule has 0 radical (unpaired) electrons. The number of aryl methyl sites for hydroxylation is 1. The van der Waals surface area contributed by atoms with Gasteiger partial charge in [-0.05, 0) is 42.2 Å². The van der Waals surface area contributed by atoms with Gasteiger partial charge >= 0.3 is 5.69 Å². The lowest BCUT2D eigenvalue weighted by atomic mass is 9.98. The van der Waals surface area contributed by atoms with Crippen LogP contribution in [-0.4, -0.2) is 41.1 Å². The van der Waals surface area contributed by atoms with Crippen molar-refractivity contribution in [3.8, 4) is 0 Å². The Kier molecular flexibility index (Phi) is 6.98. The van der Waals surface area contributed by atoms with Gasteiger partial charge in [0.25, 0.3) is 0 Å². The zero-order valence-electron chi connectivity index (χ0n) is 21.0. The van der Waals surface area contributed by atoms with Gasteiger partial charge in [-0.1, -0.05) is 72.8 Å². The van der Waals surface area contributed by atoms with Gasteiger partial charge in [-0.3, -0.25) is 10.1 Å². The molecule has 8 heteroatoms. The first-order chi connectivity index (χ1) is 18.0. The van der Waals surface area contributed by atoms with Crippen molar-refractivity contribution in [1.29, 1.82) is 0 Å². The Morgan fingerprint density at radius 1 is 0.811 bits per heavy atom. The third-order valence-electron chi connectivity index (χ3n) is 7.03. The van der Waals surface area contributed by atoms with Crippen LogP contribution in [0.1, 0.15) is 28.3 Å². The first-order valence-corrected chi connectivity index (χ1v) is 12.4. The monoisotopic (exact) mass is 494 g/mol. The highest BCUT2D eigenvalue weighted by atomic mass is 16.6. The van der Waals surface area contributed by atoms with Crippen molar-refractivity contribution in [2.24, 2.45) is 0 Å². The fraction of sp³-hybridized carbons (Fsp3) is 0.241. The van der Waals surface area contributed by atoms with E-state index in [9.17, 15) is 10.1 Å². The summed E-state index contributed by atoms with van der Waals surface area (Å²) in [5.74, 6) is 0.563. The molecule has 2 heterocycles. The minimum atomic E-state index is -0.373. The van der Waals surface area contributed by atoms with E-state index in [4.69, 9.17) is 0 Å². The smallest absolute Gasteiger partial charge is 0.353 e. The summed E-state index contributed by atoms with van der Waals surface area (Å²) in [7, 11) is 0. The Morgan fingerprint density at radius 2 is 1.41 bits per heavy atom. The van der Waals surface area contributed by atoms with Crippen molar-refractivity contribution in [2.45, 2.75) is 19.9 Å². The van der Waals surface area contributed by atoms with Crippen molar-refractivity contribution in [3.05, 3.63) is 118 Å². The van der Waals surface area contributed by atoms with E-state index in [0.717, 1.165) is 24.2 Å². The summed E-state index contributed by atoms with van der Waals surface area (Å²) < 4.78 is 0. The van der Waals surface area contributed by atoms with Crippen LogP contribution in [0, 0.1) is 24.0 Å². The number of piperazine rings is 1. The summed E-state index contributed by atoms with van der Waals surface area (Å²) in [5, 5.41) is 15.7. The molecule has 1 N–H and O–H groups in total. The van der Waals surface area contributed by atoms with E-state index >= 15 is 0 Å². The molecule has 3 aromatic carbocycles. The average Bonchev–Trinajstić information content (AvgIpc) is 2.94. The Balaban J connectivity index is 1.43. The minimum Gasteiger partial charge on any atom is -0.368 e. The van der Waals surface area contributed by atoms with Gasteiger partial charge in [0.2, 0.25) is 11.6 Å². The van der Waals surface area contributed by atoms with Crippen LogP contribution >= 0.6 is 0 Å². The highest BCUT2D eigenvalue weighted by Crippen LogP contribution is 2.36. The van der Waals surface area contributed by atoms with E-state index < -0.39 is 0 Å². The maximum Gasteiger partial charge on any atom is 0.353 e. The van der Waals surface area contributed by atoms with Crippen LogP contribution < -0.4 is 15.1 Å². The van der Waals surface area contributed by atoms with E-state index in [1.807, 2.05) is 65.6 Å². The molecule has 0 unspecified atom stereocenters. The first-order valence-electron chi connectivity index (χ1n) is 12.4. The Labute approximate surface area is 216 Å². The fourth-order valence-electron chi connectivity index (χ4n) is 4.90. The number of aromatic nitrogens is 2. The zero-order valence-corrected chi connectivity index (χ0v) is 21.0. The fourth-order valence-corrected chi connectivity index (χ4v) is 4.90. The molecule has 1 aromatic heterocycles. The lowest BCUT2D eigenvalue weighted by molar-refractivity contribution is -0.383. The highest BCUT2D eigenvalue weighted by Gasteiger charge is 2.31. The number of nitrogens with zero attached hydrogens (tertiary/aromatic N) is 5. The third-order valence-corrected chi connectivity index (χ3v) is 7.03. The van der Waals surface area contributed by atoms with Crippen LogP contribution in [0.25, 0.3) is 0 Å². The van der Waals surface area contributed by atoms with Crippen LogP contribution in [0.4, 0.5) is 23.0 Å². The number of rotatable bonds is 7. The van der Waals surface area contributed by atoms with Crippen LogP contribution in [0.15, 0.2) is 85.2 Å². The molecule has 5 rings (SSSR count). The normalized spacial score (nSPS) is 13.6. The summed E-state index contributed by atoms with van der Waals surface area (Å²) in [6.07, 6.45) is 1.41. The Hall–Kier alpha value is -4.46. The number of benzene rings is 3. The average molecular weight is 495 g/mol. The third kappa shape index (κ3) is 5.09. The maximum atomic E-state index is 12.4. The van der Waals surface area contributed by atoms with Gasteiger partial charge in [-0.2, -0.15) is 0 Å². The zero-order chi connectivity index (χ0) is 25.8. The second-order valence-corrected chi connectivity index (χ2v) is 9.24. The molecular weight excluding hydrogens is 464 g/mol. The molecule has 1 saturated heterocycles. The molecule has 4 aromatic rings. The van der Waals surface area contributed by atoms with Crippen molar-refractivity contribution >= 4 is 23.0 Å². The molecule has 1 aliphatic rings. The van der Waals surface area contributed by atoms with Crippen LogP contribution in [0.3, 0.4) is 0 Å². The first kappa shape index (κ1) is 24.2. The SMILES string of the molecule is Cc1cccc(N2CCN(c3ncnc(NC(c4ccccc4)c4ccccc4)c3[N+](=O)[O-])CC2)c1C. The van der Waals surface area contributed by atoms with Crippen molar-refractivity contribution < 1.29 is 4.92 Å². The topological polar surface area (TPSA) is 87.4 Å². The second kappa shape index (κ2) is 10.7. The summed E-state index contributed by atoms with van der Waals surface area (Å²) in [6.45, 7) is 7.03. The largest absolute Gasteiger partial charge is 0.368 e. The minimum absolute atomic E-state index is 0.0976. The predicted molar refractivity (Wildman–Crippen MR) is 147 cm³/mol. The lowest BCUT2D eigenvalue weighted by Gasteiger charge is -2.37. The molecule has 1 aliphatic heterocycles. The molecule has 0 atom stereocenters. The number of anilines is 3. The summed E-state index contributed by atoms with van der Waals surface area (Å²) in [6, 6.07) is 25.8. The quantitative estimate of drug-likeness (QED) is 0.267. The van der Waals surface area contributed by atoms with E-state index in [1.54, 1.807) is 0 Å². The molecule has 8 nitrogen and oxygen atoms in total. The Morgan fingerprint density at radius 3 is 2.00 bits per heavy atom. The molecule has 188 valence electrons. The van der Waals surface area contributed by atoms with Gasteiger partial charge in [0, 0.05) is 31.9 Å². The molecular formula is C29H30N6O2. The van der Waals surface area contributed by atoms with E-state index in [2.05, 4.69) is 52.2 Å². The summed E-state index contributed by atoms with van der Waals surface area (Å²) >= 11 is 0. The number of nitro groups is 1. The summed E-state index contributed by atoms with van der Waals surface area (Å²) in [5.41, 5.74) is 5.62. The molecule has 0 spiro atoms. The van der Waals surface area contributed by atoms with E-state index in [0.29, 0.717) is 18.9 Å². The van der Waals surface area contributed by atoms with Crippen molar-refractivity contribution in [2.75, 3.05) is 41.3 Å². The second-order valence-electron chi connectivity index (χ2n) is 9.24. The van der Waals surface area contributed by atoms with Gasteiger partial charge in [0.15, 0.2) is 0 Å². The number of nitrogens with one attached hydrogen (secondary N) is 1. The van der Waals surface area contributed by atoms with Gasteiger partial charge < -0.3 is 15.1 Å². The molecule has 37 heavy (non-hydrogen) atoms. The van der Waals surface area contributed by atoms with Gasteiger partial charge in [-0.25, -0.2) is 9.97 Å². The molecule has 1 fully saturated rings. The lowest BCUT2D eigenvalue weighted by Crippen LogP contribution is -2.47. The van der Waals surface area contributed by atoms with Crippen LogP contribution in [0.2, 0.25) is 0 Å².